The van der Waals surface area contributed by atoms with Crippen LogP contribution >= 0.6 is 0 Å². The van der Waals surface area contributed by atoms with E-state index < -0.39 is 17.6 Å². The maximum absolute atomic E-state index is 13.7. The average Bonchev–Trinajstić information content (AvgIpc) is 3.30. The third kappa shape index (κ3) is 3.35. The minimum absolute atomic E-state index is 0.0804. The molecule has 0 aliphatic rings. The summed E-state index contributed by atoms with van der Waals surface area (Å²) in [5.41, 5.74) is 4.82. The fourth-order valence-electron chi connectivity index (χ4n) is 3.28. The molecule has 1 amide bonds. The number of nitrogens with two attached hydrogens (primary N) is 1. The fourth-order valence-corrected chi connectivity index (χ4v) is 3.28. The van der Waals surface area contributed by atoms with Crippen molar-refractivity contribution in [1.29, 1.82) is 0 Å². The first-order valence-corrected chi connectivity index (χ1v) is 8.62. The molecule has 0 radical (unpaired) electrons. The number of hydrogen-bond acceptors (Lipinski definition) is 5. The van der Waals surface area contributed by atoms with Crippen molar-refractivity contribution in [3.63, 3.8) is 0 Å². The van der Waals surface area contributed by atoms with E-state index in [0.29, 0.717) is 18.4 Å². The van der Waals surface area contributed by atoms with Crippen molar-refractivity contribution in [2.75, 3.05) is 0 Å². The number of nitrogens with one attached hydrogen (secondary N) is 1. The van der Waals surface area contributed by atoms with Crippen LogP contribution in [0.2, 0.25) is 0 Å². The number of aromatic amines is 1. The molecule has 3 rings (SSSR count). The average molecular weight is 393 g/mol. The van der Waals surface area contributed by atoms with E-state index in [4.69, 9.17) is 5.73 Å². The van der Waals surface area contributed by atoms with Crippen molar-refractivity contribution < 1.29 is 18.0 Å². The fraction of sp³-hybridized carbons (Fsp3) is 0.353. The highest BCUT2D eigenvalue weighted by atomic mass is 19.4. The summed E-state index contributed by atoms with van der Waals surface area (Å²) in [5.74, 6) is -1.17. The molecule has 8 nitrogen and oxygen atoms in total. The molecular formula is C17H18F3N7O. The number of benzene rings is 1. The molecule has 28 heavy (non-hydrogen) atoms. The number of H-pyrrole nitrogens is 1. The molecule has 148 valence electrons. The monoisotopic (exact) mass is 393 g/mol. The number of carbonyl (C=O) groups excluding carboxylic acids is 1. The van der Waals surface area contributed by atoms with Crippen LogP contribution in [0, 0.1) is 0 Å². The predicted molar refractivity (Wildman–Crippen MR) is 93.6 cm³/mol. The van der Waals surface area contributed by atoms with E-state index in [1.807, 2.05) is 13.8 Å². The lowest BCUT2D eigenvalue weighted by atomic mass is 9.88. The Morgan fingerprint density at radius 2 is 1.93 bits per heavy atom. The number of rotatable bonds is 6. The molecule has 0 bridgehead atoms. The second-order valence-electron chi connectivity index (χ2n) is 6.16. The van der Waals surface area contributed by atoms with Gasteiger partial charge in [-0.05, 0) is 30.0 Å². The van der Waals surface area contributed by atoms with Gasteiger partial charge in [0.25, 0.3) is 11.9 Å². The van der Waals surface area contributed by atoms with Crippen LogP contribution in [-0.2, 0) is 6.18 Å². The Kier molecular flexibility index (Phi) is 5.16. The first-order valence-electron chi connectivity index (χ1n) is 8.62. The van der Waals surface area contributed by atoms with Crippen molar-refractivity contribution >= 4 is 5.91 Å². The summed E-state index contributed by atoms with van der Waals surface area (Å²) in [7, 11) is 0. The molecule has 0 saturated carbocycles. The van der Waals surface area contributed by atoms with Crippen molar-refractivity contribution in [2.45, 2.75) is 38.8 Å². The molecule has 3 N–H and O–H groups in total. The van der Waals surface area contributed by atoms with Gasteiger partial charge in [0.2, 0.25) is 0 Å². The van der Waals surface area contributed by atoms with Gasteiger partial charge in [0.05, 0.1) is 11.3 Å². The smallest absolute Gasteiger partial charge is 0.364 e. The number of primary amides is 1. The lowest BCUT2D eigenvalue weighted by molar-refractivity contribution is -0.137. The number of hydrogen-bond donors (Lipinski definition) is 2. The number of nitrogens with zero attached hydrogens (tertiary/aromatic N) is 5. The minimum Gasteiger partial charge on any atom is -0.364 e. The van der Waals surface area contributed by atoms with Crippen molar-refractivity contribution in [1.82, 2.24) is 30.4 Å². The number of tetrazole rings is 1. The Balaban J connectivity index is 2.44. The topological polar surface area (TPSA) is 115 Å². The Morgan fingerprint density at radius 1 is 1.25 bits per heavy atom. The first kappa shape index (κ1) is 19.5. The highest BCUT2D eigenvalue weighted by molar-refractivity contribution is 5.95. The molecule has 2 aromatic heterocycles. The van der Waals surface area contributed by atoms with Gasteiger partial charge in [-0.1, -0.05) is 37.1 Å². The molecule has 0 fully saturated rings. The van der Waals surface area contributed by atoms with Crippen LogP contribution in [0.5, 0.6) is 0 Å². The van der Waals surface area contributed by atoms with Crippen LogP contribution in [0.3, 0.4) is 0 Å². The first-order chi connectivity index (χ1) is 13.3. The second kappa shape index (κ2) is 7.41. The largest absolute Gasteiger partial charge is 0.417 e. The summed E-state index contributed by atoms with van der Waals surface area (Å²) >= 11 is 0. The van der Waals surface area contributed by atoms with Crippen LogP contribution < -0.4 is 5.73 Å². The standard InChI is InChI=1S/C17H18F3N7O/c1-3-9(4-2)12-13(15(21)28)24-27(16-22-25-26-23-16)14(12)10-7-5-6-8-11(10)17(18,19)20/h5-9H,3-4H2,1-2H3,(H2,21,28)(H,22,23,25,26). The van der Waals surface area contributed by atoms with Crippen LogP contribution in [0.15, 0.2) is 24.3 Å². The molecular weight excluding hydrogens is 375 g/mol. The third-order valence-corrected chi connectivity index (χ3v) is 4.56. The van der Waals surface area contributed by atoms with Gasteiger partial charge in [-0.25, -0.2) is 0 Å². The van der Waals surface area contributed by atoms with Crippen LogP contribution in [-0.4, -0.2) is 36.3 Å². The van der Waals surface area contributed by atoms with Gasteiger partial charge < -0.3 is 5.73 Å². The summed E-state index contributed by atoms with van der Waals surface area (Å²) in [6, 6.07) is 5.09. The lowest BCUT2D eigenvalue weighted by Crippen LogP contribution is -2.15. The van der Waals surface area contributed by atoms with Crippen molar-refractivity contribution in [2.24, 2.45) is 5.73 Å². The Hall–Kier alpha value is -3.24. The zero-order valence-corrected chi connectivity index (χ0v) is 15.2. The molecule has 11 heteroatoms. The number of aromatic nitrogens is 6. The third-order valence-electron chi connectivity index (χ3n) is 4.56. The Morgan fingerprint density at radius 3 is 2.46 bits per heavy atom. The minimum atomic E-state index is -4.61. The quantitative estimate of drug-likeness (QED) is 0.668. The summed E-state index contributed by atoms with van der Waals surface area (Å²) in [6.07, 6.45) is -3.45. The van der Waals surface area contributed by atoms with Gasteiger partial charge in [0.1, 0.15) is 0 Å². The highest BCUT2D eigenvalue weighted by Gasteiger charge is 2.37. The molecule has 0 aliphatic heterocycles. The van der Waals surface area contributed by atoms with Crippen molar-refractivity contribution in [3.8, 4) is 17.2 Å². The number of amides is 1. The van der Waals surface area contributed by atoms with E-state index >= 15 is 0 Å². The number of halogens is 3. The van der Waals surface area contributed by atoms with E-state index in [-0.39, 0.29) is 28.8 Å². The van der Waals surface area contributed by atoms with Gasteiger partial charge in [-0.2, -0.15) is 28.2 Å². The van der Waals surface area contributed by atoms with Crippen LogP contribution in [0.4, 0.5) is 13.2 Å². The molecule has 0 atom stereocenters. The van der Waals surface area contributed by atoms with Gasteiger partial charge in [0.15, 0.2) is 5.69 Å². The Labute approximate surface area is 157 Å². The summed E-state index contributed by atoms with van der Waals surface area (Å²) in [5, 5.41) is 17.5. The second-order valence-corrected chi connectivity index (χ2v) is 6.16. The van der Waals surface area contributed by atoms with Gasteiger partial charge >= 0.3 is 6.18 Å². The molecule has 0 unspecified atom stereocenters. The van der Waals surface area contributed by atoms with E-state index in [9.17, 15) is 18.0 Å². The maximum Gasteiger partial charge on any atom is 0.417 e. The molecule has 0 aliphatic carbocycles. The van der Waals surface area contributed by atoms with Gasteiger partial charge in [-0.15, -0.1) is 5.10 Å². The molecule has 2 heterocycles. The molecule has 3 aromatic rings. The summed E-state index contributed by atoms with van der Waals surface area (Å²) in [6.45, 7) is 3.76. The zero-order chi connectivity index (χ0) is 20.5. The van der Waals surface area contributed by atoms with Crippen molar-refractivity contribution in [3.05, 3.63) is 41.1 Å². The SMILES string of the molecule is CCC(CC)c1c(C(N)=O)nn(-c2nn[nH]n2)c1-c1ccccc1C(F)(F)F. The summed E-state index contributed by atoms with van der Waals surface area (Å²) < 4.78 is 42.2. The maximum atomic E-state index is 13.7. The van der Waals surface area contributed by atoms with E-state index in [1.165, 1.54) is 18.2 Å². The lowest BCUT2D eigenvalue weighted by Gasteiger charge is -2.18. The highest BCUT2D eigenvalue weighted by Crippen LogP contribution is 2.42. The van der Waals surface area contributed by atoms with Crippen LogP contribution in [0.1, 0.15) is 54.2 Å². The number of alkyl halides is 3. The zero-order valence-electron chi connectivity index (χ0n) is 15.2. The van der Waals surface area contributed by atoms with Gasteiger partial charge in [-0.3, -0.25) is 4.79 Å². The van der Waals surface area contributed by atoms with Gasteiger partial charge in [0, 0.05) is 11.1 Å². The predicted octanol–water partition coefficient (Wildman–Crippen LogP) is 3.07. The van der Waals surface area contributed by atoms with E-state index in [2.05, 4.69) is 25.7 Å². The van der Waals surface area contributed by atoms with E-state index in [1.54, 1.807) is 0 Å². The van der Waals surface area contributed by atoms with Crippen LogP contribution in [0.25, 0.3) is 17.2 Å². The number of carbonyl (C=O) groups is 1. The summed E-state index contributed by atoms with van der Waals surface area (Å²) in [4.78, 5) is 12.1. The molecule has 0 spiro atoms. The Bertz CT molecular complexity index is 975. The normalized spacial score (nSPS) is 11.9. The van der Waals surface area contributed by atoms with E-state index in [0.717, 1.165) is 10.7 Å². The molecule has 1 aromatic carbocycles. The molecule has 0 saturated heterocycles.